The molecule has 0 fully saturated rings. The summed E-state index contributed by atoms with van der Waals surface area (Å²) in [5.41, 5.74) is 4.42. The van der Waals surface area contributed by atoms with E-state index in [2.05, 4.69) is 16.7 Å². The Morgan fingerprint density at radius 1 is 0.906 bits per heavy atom. The average Bonchev–Trinajstić information content (AvgIpc) is 2.83. The van der Waals surface area contributed by atoms with Crippen LogP contribution in [0, 0.1) is 0 Å². The van der Waals surface area contributed by atoms with Crippen molar-refractivity contribution in [3.63, 3.8) is 0 Å². The lowest BCUT2D eigenvalue weighted by Gasteiger charge is -2.19. The molecule has 5 heteroatoms. The average molecular weight is 429 g/mol. The highest BCUT2D eigenvalue weighted by atomic mass is 16.5. The Balaban J connectivity index is 1.40. The van der Waals surface area contributed by atoms with Gasteiger partial charge in [0.1, 0.15) is 5.75 Å². The van der Waals surface area contributed by atoms with E-state index in [0.717, 1.165) is 30.6 Å². The number of hydrogen-bond donors (Lipinski definition) is 2. The molecule has 164 valence electrons. The molecule has 0 bridgehead atoms. The van der Waals surface area contributed by atoms with Gasteiger partial charge >= 0.3 is 0 Å². The van der Waals surface area contributed by atoms with Crippen molar-refractivity contribution in [2.24, 2.45) is 0 Å². The van der Waals surface area contributed by atoms with Crippen LogP contribution in [0.2, 0.25) is 0 Å². The number of fused-ring (bicyclic) bond motifs is 1. The normalized spacial score (nSPS) is 13.5. The van der Waals surface area contributed by atoms with Gasteiger partial charge in [0.05, 0.1) is 17.3 Å². The number of hydrogen-bond acceptors (Lipinski definition) is 3. The predicted molar refractivity (Wildman–Crippen MR) is 126 cm³/mol. The summed E-state index contributed by atoms with van der Waals surface area (Å²) in [6.45, 7) is 1.83. The Morgan fingerprint density at radius 3 is 2.50 bits per heavy atom. The van der Waals surface area contributed by atoms with Crippen LogP contribution in [-0.2, 0) is 17.6 Å². The fourth-order valence-electron chi connectivity index (χ4n) is 4.10. The van der Waals surface area contributed by atoms with Gasteiger partial charge in [-0.25, -0.2) is 0 Å². The van der Waals surface area contributed by atoms with Crippen molar-refractivity contribution >= 4 is 17.5 Å². The van der Waals surface area contributed by atoms with Gasteiger partial charge in [0.15, 0.2) is 6.61 Å². The smallest absolute Gasteiger partial charge is 0.262 e. The van der Waals surface area contributed by atoms with Crippen LogP contribution in [0.5, 0.6) is 5.75 Å². The summed E-state index contributed by atoms with van der Waals surface area (Å²) in [5, 5.41) is 5.83. The number of benzene rings is 3. The van der Waals surface area contributed by atoms with E-state index >= 15 is 0 Å². The van der Waals surface area contributed by atoms with Gasteiger partial charge in [-0.3, -0.25) is 9.59 Å². The zero-order valence-electron chi connectivity index (χ0n) is 18.3. The minimum atomic E-state index is -0.297. The van der Waals surface area contributed by atoms with Crippen molar-refractivity contribution in [1.29, 1.82) is 0 Å². The number of amides is 2. The molecule has 0 saturated carbocycles. The van der Waals surface area contributed by atoms with Crippen LogP contribution in [0.4, 0.5) is 5.69 Å². The van der Waals surface area contributed by atoms with E-state index in [-0.39, 0.29) is 24.5 Å². The van der Waals surface area contributed by atoms with Crippen molar-refractivity contribution in [3.8, 4) is 5.75 Å². The quantitative estimate of drug-likeness (QED) is 0.552. The van der Waals surface area contributed by atoms with Crippen LogP contribution in [0.15, 0.2) is 72.8 Å². The van der Waals surface area contributed by atoms with Crippen LogP contribution in [0.1, 0.15) is 52.9 Å². The maximum atomic E-state index is 12.9. The molecule has 0 spiro atoms. The topological polar surface area (TPSA) is 67.4 Å². The zero-order chi connectivity index (χ0) is 22.3. The number of nitrogens with one attached hydrogen (secondary N) is 2. The van der Waals surface area contributed by atoms with Gasteiger partial charge in [-0.1, -0.05) is 54.6 Å². The highest BCUT2D eigenvalue weighted by Crippen LogP contribution is 2.29. The summed E-state index contributed by atoms with van der Waals surface area (Å²) >= 11 is 0. The van der Waals surface area contributed by atoms with Gasteiger partial charge in [-0.05, 0) is 67.5 Å². The first-order chi connectivity index (χ1) is 15.6. The number of aryl methyl sites for hydroxylation is 1. The standard InChI is InChI=1S/C27H28N2O3/c1-19(20-10-3-2-4-11-20)28-27(31)23-15-7-8-16-24(23)29-26(30)18-32-25-17-9-13-21-12-5-6-14-22(21)25/h2-4,7-11,13,15-17,19H,5-6,12,14,18H2,1H3,(H,28,31)(H,29,30)/t19-/m0/s1. The summed E-state index contributed by atoms with van der Waals surface area (Å²) in [6, 6.07) is 22.6. The van der Waals surface area contributed by atoms with E-state index in [1.165, 1.54) is 17.5 Å². The summed E-state index contributed by atoms with van der Waals surface area (Å²) in [5.74, 6) is 0.241. The maximum Gasteiger partial charge on any atom is 0.262 e. The molecule has 0 radical (unpaired) electrons. The van der Waals surface area contributed by atoms with Gasteiger partial charge < -0.3 is 15.4 Å². The molecule has 2 N–H and O–H groups in total. The number of anilines is 1. The molecular formula is C27H28N2O3. The van der Waals surface area contributed by atoms with E-state index in [9.17, 15) is 9.59 Å². The number of rotatable bonds is 7. The number of carbonyl (C=O) groups excluding carboxylic acids is 2. The minimum absolute atomic E-state index is 0.104. The predicted octanol–water partition coefficient (Wildman–Crippen LogP) is 5.07. The lowest BCUT2D eigenvalue weighted by atomic mass is 9.91. The van der Waals surface area contributed by atoms with Crippen LogP contribution < -0.4 is 15.4 Å². The molecule has 3 aromatic carbocycles. The lowest BCUT2D eigenvalue weighted by molar-refractivity contribution is -0.118. The van der Waals surface area contributed by atoms with Gasteiger partial charge in [0, 0.05) is 0 Å². The van der Waals surface area contributed by atoms with Crippen molar-refractivity contribution < 1.29 is 14.3 Å². The van der Waals surface area contributed by atoms with Crippen LogP contribution in [-0.4, -0.2) is 18.4 Å². The van der Waals surface area contributed by atoms with E-state index < -0.39 is 0 Å². The molecule has 32 heavy (non-hydrogen) atoms. The summed E-state index contributed by atoms with van der Waals surface area (Å²) in [6.07, 6.45) is 4.38. The largest absolute Gasteiger partial charge is 0.483 e. The van der Waals surface area contributed by atoms with E-state index in [0.29, 0.717) is 11.3 Å². The molecule has 1 aliphatic rings. The van der Waals surface area contributed by atoms with Gasteiger partial charge in [0.2, 0.25) is 0 Å². The first-order valence-electron chi connectivity index (χ1n) is 11.1. The minimum Gasteiger partial charge on any atom is -0.483 e. The number of ether oxygens (including phenoxy) is 1. The fraction of sp³-hybridized carbons (Fsp3) is 0.259. The maximum absolute atomic E-state index is 12.9. The van der Waals surface area contributed by atoms with Crippen molar-refractivity contribution in [2.45, 2.75) is 38.6 Å². The summed E-state index contributed by atoms with van der Waals surface area (Å²) in [4.78, 5) is 25.5. The fourth-order valence-corrected chi connectivity index (χ4v) is 4.10. The summed E-state index contributed by atoms with van der Waals surface area (Å²) in [7, 11) is 0. The Bertz CT molecular complexity index is 1100. The summed E-state index contributed by atoms with van der Waals surface area (Å²) < 4.78 is 5.85. The Hall–Kier alpha value is -3.60. The second-order valence-electron chi connectivity index (χ2n) is 8.09. The molecule has 2 amide bonds. The molecule has 5 nitrogen and oxygen atoms in total. The third-order valence-electron chi connectivity index (χ3n) is 5.80. The Kier molecular flexibility index (Phi) is 6.85. The second-order valence-corrected chi connectivity index (χ2v) is 8.09. The van der Waals surface area contributed by atoms with Gasteiger partial charge in [-0.15, -0.1) is 0 Å². The van der Waals surface area contributed by atoms with Crippen LogP contribution in [0.25, 0.3) is 0 Å². The molecule has 0 aliphatic heterocycles. The molecule has 1 aliphatic carbocycles. The van der Waals surface area contributed by atoms with E-state index in [1.54, 1.807) is 24.3 Å². The third kappa shape index (κ3) is 5.17. The molecule has 0 unspecified atom stereocenters. The van der Waals surface area contributed by atoms with Crippen LogP contribution in [0.3, 0.4) is 0 Å². The van der Waals surface area contributed by atoms with E-state index in [1.807, 2.05) is 49.4 Å². The zero-order valence-corrected chi connectivity index (χ0v) is 18.3. The molecule has 1 atom stereocenters. The highest BCUT2D eigenvalue weighted by Gasteiger charge is 2.17. The van der Waals surface area contributed by atoms with E-state index in [4.69, 9.17) is 4.74 Å². The highest BCUT2D eigenvalue weighted by molar-refractivity contribution is 6.04. The van der Waals surface area contributed by atoms with Gasteiger partial charge in [0.25, 0.3) is 11.8 Å². The Morgan fingerprint density at radius 2 is 1.66 bits per heavy atom. The third-order valence-corrected chi connectivity index (χ3v) is 5.80. The first-order valence-corrected chi connectivity index (χ1v) is 11.1. The van der Waals surface area contributed by atoms with Crippen molar-refractivity contribution in [1.82, 2.24) is 5.32 Å². The molecule has 0 heterocycles. The van der Waals surface area contributed by atoms with Gasteiger partial charge in [-0.2, -0.15) is 0 Å². The Labute approximate surface area is 188 Å². The molecule has 0 saturated heterocycles. The molecular weight excluding hydrogens is 400 g/mol. The molecule has 0 aromatic heterocycles. The monoisotopic (exact) mass is 428 g/mol. The molecule has 4 rings (SSSR count). The number of para-hydroxylation sites is 1. The second kappa shape index (κ2) is 10.1. The lowest BCUT2D eigenvalue weighted by Crippen LogP contribution is -2.28. The SMILES string of the molecule is C[C@H](NC(=O)c1ccccc1NC(=O)COc1cccc2c1CCCC2)c1ccccc1. The van der Waals surface area contributed by atoms with Crippen molar-refractivity contribution in [2.75, 3.05) is 11.9 Å². The van der Waals surface area contributed by atoms with Crippen LogP contribution >= 0.6 is 0 Å². The number of carbonyl (C=O) groups is 2. The molecule has 3 aromatic rings. The first kappa shape index (κ1) is 21.6. The van der Waals surface area contributed by atoms with Crippen molar-refractivity contribution in [3.05, 3.63) is 95.1 Å².